The van der Waals surface area contributed by atoms with Gasteiger partial charge in [0.2, 0.25) is 5.91 Å². The monoisotopic (exact) mass is 377 g/mol. The van der Waals surface area contributed by atoms with Gasteiger partial charge in [-0.1, -0.05) is 19.1 Å². The molecular formula is C22H27N5O. The minimum Gasteiger partial charge on any atom is -0.369 e. The van der Waals surface area contributed by atoms with Crippen molar-refractivity contribution < 1.29 is 4.79 Å². The maximum absolute atomic E-state index is 12.6. The predicted octanol–water partition coefficient (Wildman–Crippen LogP) is 3.13. The number of imidazole rings is 1. The van der Waals surface area contributed by atoms with E-state index in [0.29, 0.717) is 0 Å². The van der Waals surface area contributed by atoms with E-state index in [2.05, 4.69) is 39.2 Å². The number of rotatable bonds is 5. The number of likely N-dealkylation sites (N-methyl/N-ethyl adjacent to an activating group) is 1. The van der Waals surface area contributed by atoms with Gasteiger partial charge in [0.1, 0.15) is 12.4 Å². The predicted molar refractivity (Wildman–Crippen MR) is 114 cm³/mol. The summed E-state index contributed by atoms with van der Waals surface area (Å²) >= 11 is 0. The summed E-state index contributed by atoms with van der Waals surface area (Å²) in [6.45, 7) is 9.82. The van der Waals surface area contributed by atoms with Crippen LogP contribution in [0.1, 0.15) is 12.7 Å². The topological polar surface area (TPSA) is 53.4 Å². The number of anilines is 2. The highest BCUT2D eigenvalue weighted by Gasteiger charge is 2.16. The molecule has 2 aromatic carbocycles. The number of amides is 1. The van der Waals surface area contributed by atoms with E-state index in [9.17, 15) is 4.79 Å². The molecule has 0 saturated carbocycles. The number of hydrogen-bond donors (Lipinski definition) is 1. The van der Waals surface area contributed by atoms with Gasteiger partial charge >= 0.3 is 0 Å². The van der Waals surface area contributed by atoms with Crippen molar-refractivity contribution >= 4 is 28.3 Å². The lowest BCUT2D eigenvalue weighted by molar-refractivity contribution is -0.116. The molecule has 0 spiro atoms. The van der Waals surface area contributed by atoms with Gasteiger partial charge < -0.3 is 19.7 Å². The number of aromatic nitrogens is 2. The van der Waals surface area contributed by atoms with Crippen LogP contribution in [0.5, 0.6) is 0 Å². The van der Waals surface area contributed by atoms with Gasteiger partial charge in [0.05, 0.1) is 11.0 Å². The Kier molecular flexibility index (Phi) is 5.30. The minimum absolute atomic E-state index is 0.0458. The molecule has 1 amide bonds. The SMILES string of the molecule is CCN1CCN(c2ccc(NC(=O)Cn3c(C)nc4ccccc43)cc2)CC1. The van der Waals surface area contributed by atoms with Gasteiger partial charge in [-0.2, -0.15) is 0 Å². The molecule has 4 rings (SSSR count). The molecule has 1 saturated heterocycles. The van der Waals surface area contributed by atoms with E-state index in [0.717, 1.165) is 55.3 Å². The zero-order valence-corrected chi connectivity index (χ0v) is 16.6. The first-order valence-corrected chi connectivity index (χ1v) is 9.93. The molecule has 3 aromatic rings. The van der Waals surface area contributed by atoms with E-state index in [1.54, 1.807) is 0 Å². The van der Waals surface area contributed by atoms with Crippen LogP contribution in [0.2, 0.25) is 0 Å². The highest BCUT2D eigenvalue weighted by molar-refractivity contribution is 5.92. The van der Waals surface area contributed by atoms with Gasteiger partial charge in [-0.15, -0.1) is 0 Å². The Hall–Kier alpha value is -2.86. The van der Waals surface area contributed by atoms with Crippen LogP contribution in [-0.2, 0) is 11.3 Å². The number of hydrogen-bond acceptors (Lipinski definition) is 4. The van der Waals surface area contributed by atoms with E-state index in [1.807, 2.05) is 47.9 Å². The third-order valence-corrected chi connectivity index (χ3v) is 5.48. The zero-order chi connectivity index (χ0) is 19.5. The van der Waals surface area contributed by atoms with Crippen LogP contribution in [0.25, 0.3) is 11.0 Å². The summed E-state index contributed by atoms with van der Waals surface area (Å²) < 4.78 is 1.95. The van der Waals surface area contributed by atoms with Crippen molar-refractivity contribution in [1.82, 2.24) is 14.5 Å². The summed E-state index contributed by atoms with van der Waals surface area (Å²) in [6.07, 6.45) is 0. The largest absolute Gasteiger partial charge is 0.369 e. The Balaban J connectivity index is 1.39. The molecule has 0 unspecified atom stereocenters. The van der Waals surface area contributed by atoms with Crippen molar-refractivity contribution in [3.05, 3.63) is 54.4 Å². The Morgan fingerprint density at radius 3 is 2.46 bits per heavy atom. The van der Waals surface area contributed by atoms with Crippen molar-refractivity contribution in [3.63, 3.8) is 0 Å². The van der Waals surface area contributed by atoms with Crippen LogP contribution < -0.4 is 10.2 Å². The summed E-state index contributed by atoms with van der Waals surface area (Å²) in [7, 11) is 0. The summed E-state index contributed by atoms with van der Waals surface area (Å²) in [6, 6.07) is 16.0. The molecule has 0 radical (unpaired) electrons. The summed E-state index contributed by atoms with van der Waals surface area (Å²) in [4.78, 5) is 21.9. The molecule has 28 heavy (non-hydrogen) atoms. The van der Waals surface area contributed by atoms with Gasteiger partial charge in [0, 0.05) is 37.6 Å². The van der Waals surface area contributed by atoms with Crippen LogP contribution >= 0.6 is 0 Å². The summed E-state index contributed by atoms with van der Waals surface area (Å²) in [5.74, 6) is 0.800. The lowest BCUT2D eigenvalue weighted by Crippen LogP contribution is -2.46. The number of nitrogens with one attached hydrogen (secondary N) is 1. The number of aryl methyl sites for hydroxylation is 1. The average Bonchev–Trinajstić information content (AvgIpc) is 3.04. The first kappa shape index (κ1) is 18.5. The molecule has 0 bridgehead atoms. The molecule has 1 aromatic heterocycles. The van der Waals surface area contributed by atoms with E-state index in [1.165, 1.54) is 5.69 Å². The normalized spacial score (nSPS) is 15.1. The number of carbonyl (C=O) groups excluding carboxylic acids is 1. The second-order valence-corrected chi connectivity index (χ2v) is 7.25. The Morgan fingerprint density at radius 2 is 1.75 bits per heavy atom. The first-order chi connectivity index (χ1) is 13.6. The summed E-state index contributed by atoms with van der Waals surface area (Å²) in [5.41, 5.74) is 3.94. The van der Waals surface area contributed by atoms with Crippen LogP contribution in [0.3, 0.4) is 0 Å². The van der Waals surface area contributed by atoms with Crippen molar-refractivity contribution in [1.29, 1.82) is 0 Å². The standard InChI is InChI=1S/C22H27N5O/c1-3-25-12-14-26(15-13-25)19-10-8-18(9-11-19)24-22(28)16-27-17(2)23-20-6-4-5-7-21(20)27/h4-11H,3,12-16H2,1-2H3,(H,24,28). The smallest absolute Gasteiger partial charge is 0.244 e. The third kappa shape index (κ3) is 3.87. The van der Waals surface area contributed by atoms with Gasteiger partial charge in [0.15, 0.2) is 0 Å². The lowest BCUT2D eigenvalue weighted by Gasteiger charge is -2.35. The van der Waals surface area contributed by atoms with Crippen LogP contribution in [0.15, 0.2) is 48.5 Å². The van der Waals surface area contributed by atoms with Crippen molar-refractivity contribution in [3.8, 4) is 0 Å². The van der Waals surface area contributed by atoms with Gasteiger partial charge in [-0.25, -0.2) is 4.98 Å². The quantitative estimate of drug-likeness (QED) is 0.742. The molecule has 1 aliphatic heterocycles. The fraction of sp³-hybridized carbons (Fsp3) is 0.364. The van der Waals surface area contributed by atoms with Gasteiger partial charge in [-0.05, 0) is 49.9 Å². The third-order valence-electron chi connectivity index (χ3n) is 5.48. The second-order valence-electron chi connectivity index (χ2n) is 7.25. The van der Waals surface area contributed by atoms with Crippen molar-refractivity contribution in [2.24, 2.45) is 0 Å². The van der Waals surface area contributed by atoms with E-state index < -0.39 is 0 Å². The Labute approximate surface area is 165 Å². The Bertz CT molecular complexity index is 955. The number of fused-ring (bicyclic) bond motifs is 1. The minimum atomic E-state index is -0.0458. The summed E-state index contributed by atoms with van der Waals surface area (Å²) in [5, 5.41) is 3.00. The molecule has 2 heterocycles. The number of piperazine rings is 1. The first-order valence-electron chi connectivity index (χ1n) is 9.93. The molecule has 146 valence electrons. The number of carbonyl (C=O) groups is 1. The van der Waals surface area contributed by atoms with Crippen molar-refractivity contribution in [2.45, 2.75) is 20.4 Å². The maximum Gasteiger partial charge on any atom is 0.244 e. The van der Waals surface area contributed by atoms with Crippen LogP contribution in [0.4, 0.5) is 11.4 Å². The Morgan fingerprint density at radius 1 is 1.04 bits per heavy atom. The van der Waals surface area contributed by atoms with E-state index in [4.69, 9.17) is 0 Å². The van der Waals surface area contributed by atoms with Gasteiger partial charge in [0.25, 0.3) is 0 Å². The van der Waals surface area contributed by atoms with Crippen LogP contribution in [0, 0.1) is 6.92 Å². The molecule has 6 nitrogen and oxygen atoms in total. The molecule has 1 N–H and O–H groups in total. The molecule has 0 atom stereocenters. The molecule has 1 fully saturated rings. The van der Waals surface area contributed by atoms with Crippen LogP contribution in [-0.4, -0.2) is 53.1 Å². The highest BCUT2D eigenvalue weighted by atomic mass is 16.1. The number of nitrogens with zero attached hydrogens (tertiary/aromatic N) is 4. The maximum atomic E-state index is 12.6. The number of para-hydroxylation sites is 2. The fourth-order valence-corrected chi connectivity index (χ4v) is 3.82. The zero-order valence-electron chi connectivity index (χ0n) is 16.6. The van der Waals surface area contributed by atoms with Gasteiger partial charge in [-0.3, -0.25) is 4.79 Å². The molecule has 0 aliphatic carbocycles. The van der Waals surface area contributed by atoms with E-state index in [-0.39, 0.29) is 12.5 Å². The average molecular weight is 377 g/mol. The fourth-order valence-electron chi connectivity index (χ4n) is 3.82. The van der Waals surface area contributed by atoms with Crippen molar-refractivity contribution in [2.75, 3.05) is 42.9 Å². The highest BCUT2D eigenvalue weighted by Crippen LogP contribution is 2.20. The lowest BCUT2D eigenvalue weighted by atomic mass is 10.2. The molecular weight excluding hydrogens is 350 g/mol. The molecule has 1 aliphatic rings. The second kappa shape index (κ2) is 8.02. The molecule has 6 heteroatoms. The van der Waals surface area contributed by atoms with E-state index >= 15 is 0 Å². The number of benzene rings is 2.